The molecule has 1 aromatic heterocycles. The van der Waals surface area contributed by atoms with Crippen molar-refractivity contribution < 1.29 is 14.7 Å². The van der Waals surface area contributed by atoms with Crippen molar-refractivity contribution in [1.82, 2.24) is 10.3 Å². The first-order valence-electron chi connectivity index (χ1n) is 6.21. The maximum Gasteiger partial charge on any atom is 0.306 e. The van der Waals surface area contributed by atoms with Gasteiger partial charge in [0.25, 0.3) is 5.91 Å². The average Bonchev–Trinajstić information content (AvgIpc) is 2.39. The molecule has 0 radical (unpaired) electrons. The van der Waals surface area contributed by atoms with Gasteiger partial charge in [-0.1, -0.05) is 18.0 Å². The quantitative estimate of drug-likeness (QED) is 0.890. The molecular weight excluding hydrogens is 268 g/mol. The topological polar surface area (TPSA) is 79.3 Å². The van der Waals surface area contributed by atoms with E-state index in [1.165, 1.54) is 12.4 Å². The number of pyridine rings is 1. The van der Waals surface area contributed by atoms with E-state index < -0.39 is 5.97 Å². The maximum atomic E-state index is 12.0. The van der Waals surface area contributed by atoms with E-state index in [4.69, 9.17) is 16.7 Å². The molecule has 1 aliphatic carbocycles. The number of hydrogen-bond donors (Lipinski definition) is 2. The van der Waals surface area contributed by atoms with Crippen molar-refractivity contribution in [3.8, 4) is 0 Å². The second-order valence-electron chi connectivity index (χ2n) is 4.73. The van der Waals surface area contributed by atoms with Gasteiger partial charge in [0.1, 0.15) is 0 Å². The zero-order valence-electron chi connectivity index (χ0n) is 10.3. The number of halogens is 1. The Bertz CT molecular complexity index is 493. The predicted octanol–water partition coefficient (Wildman–Crippen LogP) is 2.11. The minimum Gasteiger partial charge on any atom is -0.481 e. The van der Waals surface area contributed by atoms with Gasteiger partial charge in [-0.25, -0.2) is 0 Å². The number of carboxylic acid groups (broad SMARTS) is 1. The minimum absolute atomic E-state index is 0.105. The van der Waals surface area contributed by atoms with Gasteiger partial charge in [0, 0.05) is 18.4 Å². The number of hydrogen-bond acceptors (Lipinski definition) is 3. The lowest BCUT2D eigenvalue weighted by molar-refractivity contribution is -0.143. The molecule has 1 heterocycles. The Labute approximate surface area is 116 Å². The predicted molar refractivity (Wildman–Crippen MR) is 70.1 cm³/mol. The first-order valence-corrected chi connectivity index (χ1v) is 6.59. The van der Waals surface area contributed by atoms with Crippen LogP contribution in [0.15, 0.2) is 18.5 Å². The normalized spacial score (nSPS) is 22.8. The molecule has 1 fully saturated rings. The number of carboxylic acids is 1. The van der Waals surface area contributed by atoms with Crippen molar-refractivity contribution in [1.29, 1.82) is 0 Å². The Kier molecular flexibility index (Phi) is 4.37. The lowest BCUT2D eigenvalue weighted by Gasteiger charge is -2.27. The highest BCUT2D eigenvalue weighted by Gasteiger charge is 2.28. The lowest BCUT2D eigenvalue weighted by Crippen LogP contribution is -2.40. The molecule has 0 spiro atoms. The highest BCUT2D eigenvalue weighted by Crippen LogP contribution is 2.25. The third kappa shape index (κ3) is 3.44. The summed E-state index contributed by atoms with van der Waals surface area (Å²) in [7, 11) is 0. The number of nitrogens with one attached hydrogen (secondary N) is 1. The Balaban J connectivity index is 1.99. The molecule has 102 valence electrons. The van der Waals surface area contributed by atoms with Gasteiger partial charge in [-0.15, -0.1) is 0 Å². The van der Waals surface area contributed by atoms with Crippen LogP contribution in [-0.2, 0) is 4.79 Å². The summed E-state index contributed by atoms with van der Waals surface area (Å²) in [6, 6.07) is 1.45. The van der Waals surface area contributed by atoms with Crippen LogP contribution in [0.2, 0.25) is 5.02 Å². The van der Waals surface area contributed by atoms with Crippen LogP contribution in [0.1, 0.15) is 36.0 Å². The summed E-state index contributed by atoms with van der Waals surface area (Å²) in [5.41, 5.74) is 0.370. The fraction of sp³-hybridized carbons (Fsp3) is 0.462. The molecule has 0 saturated heterocycles. The van der Waals surface area contributed by atoms with Crippen LogP contribution >= 0.6 is 11.6 Å². The molecule has 2 N–H and O–H groups in total. The van der Waals surface area contributed by atoms with Crippen LogP contribution in [-0.4, -0.2) is 28.0 Å². The number of nitrogens with zero attached hydrogens (tertiary/aromatic N) is 1. The molecule has 2 atom stereocenters. The summed E-state index contributed by atoms with van der Waals surface area (Å²) < 4.78 is 0. The van der Waals surface area contributed by atoms with E-state index in [0.29, 0.717) is 23.4 Å². The van der Waals surface area contributed by atoms with Crippen molar-refractivity contribution in [2.75, 3.05) is 0 Å². The van der Waals surface area contributed by atoms with E-state index in [1.54, 1.807) is 6.07 Å². The van der Waals surface area contributed by atoms with Gasteiger partial charge in [0.05, 0.1) is 16.5 Å². The number of amides is 1. The van der Waals surface area contributed by atoms with Crippen LogP contribution in [0.5, 0.6) is 0 Å². The molecule has 1 aliphatic rings. The fourth-order valence-electron chi connectivity index (χ4n) is 2.37. The summed E-state index contributed by atoms with van der Waals surface area (Å²) in [4.78, 5) is 26.8. The molecule has 6 heteroatoms. The molecule has 1 saturated carbocycles. The molecule has 0 aromatic carbocycles. The van der Waals surface area contributed by atoms with E-state index in [2.05, 4.69) is 10.3 Å². The standard InChI is InChI=1S/C13H15ClN2O3/c14-11-7-15-5-4-10(11)12(17)16-9-3-1-2-8(6-9)13(18)19/h4-5,7-9H,1-3,6H2,(H,16,17)(H,18,19). The minimum atomic E-state index is -0.791. The van der Waals surface area contributed by atoms with Gasteiger partial charge in [-0.05, 0) is 25.3 Å². The maximum absolute atomic E-state index is 12.0. The first kappa shape index (κ1) is 13.8. The SMILES string of the molecule is O=C(NC1CCCC(C(=O)O)C1)c1ccncc1Cl. The van der Waals surface area contributed by atoms with Crippen molar-refractivity contribution in [3.05, 3.63) is 29.0 Å². The number of carbonyl (C=O) groups excluding carboxylic acids is 1. The van der Waals surface area contributed by atoms with Crippen LogP contribution < -0.4 is 5.32 Å². The van der Waals surface area contributed by atoms with Gasteiger partial charge in [-0.2, -0.15) is 0 Å². The van der Waals surface area contributed by atoms with E-state index in [9.17, 15) is 9.59 Å². The van der Waals surface area contributed by atoms with Crippen LogP contribution in [0.4, 0.5) is 0 Å². The summed E-state index contributed by atoms with van der Waals surface area (Å²) >= 11 is 5.90. The van der Waals surface area contributed by atoms with Crippen molar-refractivity contribution in [2.45, 2.75) is 31.7 Å². The van der Waals surface area contributed by atoms with Crippen molar-refractivity contribution in [2.24, 2.45) is 5.92 Å². The van der Waals surface area contributed by atoms with E-state index in [1.807, 2.05) is 0 Å². The fourth-order valence-corrected chi connectivity index (χ4v) is 2.57. The van der Waals surface area contributed by atoms with Crippen molar-refractivity contribution in [3.63, 3.8) is 0 Å². The number of aromatic nitrogens is 1. The van der Waals surface area contributed by atoms with Crippen molar-refractivity contribution >= 4 is 23.5 Å². The van der Waals surface area contributed by atoms with E-state index >= 15 is 0 Å². The monoisotopic (exact) mass is 282 g/mol. The third-order valence-electron chi connectivity index (χ3n) is 3.38. The second kappa shape index (κ2) is 6.02. The van der Waals surface area contributed by atoms with Gasteiger partial charge in [0.15, 0.2) is 0 Å². The third-order valence-corrected chi connectivity index (χ3v) is 3.68. The van der Waals surface area contributed by atoms with Gasteiger partial charge in [-0.3, -0.25) is 14.6 Å². The first-order chi connectivity index (χ1) is 9.08. The molecule has 2 unspecified atom stereocenters. The summed E-state index contributed by atoms with van der Waals surface area (Å²) in [5, 5.41) is 12.2. The lowest BCUT2D eigenvalue weighted by atomic mass is 9.85. The highest BCUT2D eigenvalue weighted by molar-refractivity contribution is 6.33. The number of rotatable bonds is 3. The Morgan fingerprint density at radius 1 is 1.42 bits per heavy atom. The number of carbonyl (C=O) groups is 2. The van der Waals surface area contributed by atoms with Gasteiger partial charge in [0.2, 0.25) is 0 Å². The number of aliphatic carboxylic acids is 1. The molecule has 19 heavy (non-hydrogen) atoms. The highest BCUT2D eigenvalue weighted by atomic mass is 35.5. The largest absolute Gasteiger partial charge is 0.481 e. The Morgan fingerprint density at radius 2 is 2.21 bits per heavy atom. The molecule has 5 nitrogen and oxygen atoms in total. The average molecular weight is 283 g/mol. The molecule has 0 bridgehead atoms. The van der Waals surface area contributed by atoms with E-state index in [-0.39, 0.29) is 17.9 Å². The molecule has 1 aromatic rings. The zero-order valence-corrected chi connectivity index (χ0v) is 11.1. The van der Waals surface area contributed by atoms with Gasteiger partial charge < -0.3 is 10.4 Å². The smallest absolute Gasteiger partial charge is 0.306 e. The van der Waals surface area contributed by atoms with Crippen LogP contribution in [0.3, 0.4) is 0 Å². The zero-order chi connectivity index (χ0) is 13.8. The summed E-state index contributed by atoms with van der Waals surface area (Å²) in [6.07, 6.45) is 5.69. The molecule has 1 amide bonds. The summed E-state index contributed by atoms with van der Waals surface area (Å²) in [5.74, 6) is -1.43. The summed E-state index contributed by atoms with van der Waals surface area (Å²) in [6.45, 7) is 0. The Hall–Kier alpha value is -1.62. The molecule has 2 rings (SSSR count). The van der Waals surface area contributed by atoms with Crippen LogP contribution in [0.25, 0.3) is 0 Å². The van der Waals surface area contributed by atoms with Gasteiger partial charge >= 0.3 is 5.97 Å². The Morgan fingerprint density at radius 3 is 2.89 bits per heavy atom. The van der Waals surface area contributed by atoms with Crippen LogP contribution in [0, 0.1) is 5.92 Å². The second-order valence-corrected chi connectivity index (χ2v) is 5.13. The molecular formula is C13H15ClN2O3. The molecule has 0 aliphatic heterocycles. The van der Waals surface area contributed by atoms with E-state index in [0.717, 1.165) is 12.8 Å².